The lowest BCUT2D eigenvalue weighted by Crippen LogP contribution is -2.13. The molecule has 5 nitrogen and oxygen atoms in total. The highest BCUT2D eigenvalue weighted by atomic mass is 16.5. The number of esters is 1. The van der Waals surface area contributed by atoms with Gasteiger partial charge in [-0.15, -0.1) is 0 Å². The summed E-state index contributed by atoms with van der Waals surface area (Å²) in [6, 6.07) is 6.91. The minimum absolute atomic E-state index is 0.138. The highest BCUT2D eigenvalue weighted by Gasteiger charge is 2.08. The Morgan fingerprint density at radius 3 is 2.94 bits per heavy atom. The van der Waals surface area contributed by atoms with Gasteiger partial charge in [0.25, 0.3) is 0 Å². The Kier molecular flexibility index (Phi) is 4.30. The van der Waals surface area contributed by atoms with Crippen LogP contribution in [0.5, 0.6) is 0 Å². The number of hydrogen-bond acceptors (Lipinski definition) is 5. The second-order valence-electron chi connectivity index (χ2n) is 3.11. The molecule has 0 heterocycles. The lowest BCUT2D eigenvalue weighted by atomic mass is 10.1. The van der Waals surface area contributed by atoms with Crippen molar-refractivity contribution >= 4 is 11.7 Å². The van der Waals surface area contributed by atoms with Crippen molar-refractivity contribution in [2.24, 2.45) is 5.84 Å². The van der Waals surface area contributed by atoms with E-state index in [0.29, 0.717) is 23.4 Å². The third-order valence-corrected chi connectivity index (χ3v) is 2.03. The minimum atomic E-state index is -0.316. The Labute approximate surface area is 93.8 Å². The predicted molar refractivity (Wildman–Crippen MR) is 59.3 cm³/mol. The Morgan fingerprint density at radius 2 is 2.38 bits per heavy atom. The molecule has 0 bridgehead atoms. The molecule has 0 spiro atoms. The second kappa shape index (κ2) is 5.73. The van der Waals surface area contributed by atoms with E-state index in [0.717, 1.165) is 0 Å². The molecule has 0 aliphatic rings. The predicted octanol–water partition coefficient (Wildman–Crippen LogP) is 0.949. The van der Waals surface area contributed by atoms with Gasteiger partial charge in [-0.1, -0.05) is 6.07 Å². The van der Waals surface area contributed by atoms with Crippen LogP contribution in [0.15, 0.2) is 18.2 Å². The molecule has 0 amide bonds. The molecule has 0 atom stereocenters. The molecular weight excluding hydrogens is 206 g/mol. The highest BCUT2D eigenvalue weighted by molar-refractivity contribution is 5.75. The molecule has 5 heteroatoms. The van der Waals surface area contributed by atoms with E-state index >= 15 is 0 Å². The summed E-state index contributed by atoms with van der Waals surface area (Å²) in [5, 5.41) is 8.70. The van der Waals surface area contributed by atoms with Crippen molar-refractivity contribution < 1.29 is 9.53 Å². The lowest BCUT2D eigenvalue weighted by molar-refractivity contribution is -0.142. The number of carbonyl (C=O) groups excluding carboxylic acids is 1. The SMILES string of the molecule is CCOC(=O)Cc1ccc(C#N)cc1NN. The van der Waals surface area contributed by atoms with Gasteiger partial charge in [-0.25, -0.2) is 0 Å². The Hall–Kier alpha value is -2.06. The molecule has 0 aromatic heterocycles. The summed E-state index contributed by atoms with van der Waals surface area (Å²) in [5.74, 6) is 5.00. The van der Waals surface area contributed by atoms with Gasteiger partial charge in [-0.3, -0.25) is 10.6 Å². The Morgan fingerprint density at radius 1 is 1.62 bits per heavy atom. The van der Waals surface area contributed by atoms with Crippen LogP contribution in [0.3, 0.4) is 0 Å². The first kappa shape index (κ1) is 12.0. The maximum atomic E-state index is 11.3. The minimum Gasteiger partial charge on any atom is -0.466 e. The molecule has 0 saturated heterocycles. The van der Waals surface area contributed by atoms with Crippen molar-refractivity contribution in [1.82, 2.24) is 0 Å². The van der Waals surface area contributed by atoms with Gasteiger partial charge in [-0.2, -0.15) is 5.26 Å². The summed E-state index contributed by atoms with van der Waals surface area (Å²) >= 11 is 0. The smallest absolute Gasteiger partial charge is 0.310 e. The van der Waals surface area contributed by atoms with E-state index < -0.39 is 0 Å². The molecule has 1 rings (SSSR count). The Bertz CT molecular complexity index is 424. The van der Waals surface area contributed by atoms with Gasteiger partial charge < -0.3 is 10.2 Å². The maximum Gasteiger partial charge on any atom is 0.310 e. The summed E-state index contributed by atoms with van der Waals surface area (Å²) in [6.45, 7) is 2.10. The summed E-state index contributed by atoms with van der Waals surface area (Å²) in [5.41, 5.74) is 4.22. The van der Waals surface area contributed by atoms with Crippen molar-refractivity contribution in [3.05, 3.63) is 29.3 Å². The van der Waals surface area contributed by atoms with Crippen LogP contribution < -0.4 is 11.3 Å². The molecule has 0 saturated carbocycles. The molecule has 0 fully saturated rings. The van der Waals surface area contributed by atoms with Gasteiger partial charge in [0.15, 0.2) is 0 Å². The fraction of sp³-hybridized carbons (Fsp3) is 0.273. The molecule has 0 aliphatic carbocycles. The van der Waals surface area contributed by atoms with Gasteiger partial charge in [0.05, 0.1) is 30.3 Å². The molecule has 1 aromatic rings. The van der Waals surface area contributed by atoms with Crippen molar-refractivity contribution in [3.63, 3.8) is 0 Å². The number of nitrogens with one attached hydrogen (secondary N) is 1. The summed E-state index contributed by atoms with van der Waals surface area (Å²) in [4.78, 5) is 11.3. The van der Waals surface area contributed by atoms with Crippen LogP contribution in [0.1, 0.15) is 18.1 Å². The van der Waals surface area contributed by atoms with Crippen molar-refractivity contribution in [3.8, 4) is 6.07 Å². The number of rotatable bonds is 4. The molecule has 3 N–H and O–H groups in total. The number of ether oxygens (including phenoxy) is 1. The molecule has 1 aromatic carbocycles. The third-order valence-electron chi connectivity index (χ3n) is 2.03. The van der Waals surface area contributed by atoms with E-state index in [4.69, 9.17) is 15.8 Å². The number of nitrogens with zero attached hydrogens (tertiary/aromatic N) is 1. The van der Waals surface area contributed by atoms with Gasteiger partial charge in [-0.05, 0) is 24.6 Å². The first-order valence-corrected chi connectivity index (χ1v) is 4.86. The fourth-order valence-electron chi connectivity index (χ4n) is 1.30. The van der Waals surface area contributed by atoms with Crippen molar-refractivity contribution in [1.29, 1.82) is 5.26 Å². The van der Waals surface area contributed by atoms with Gasteiger partial charge >= 0.3 is 5.97 Å². The van der Waals surface area contributed by atoms with Crippen LogP contribution >= 0.6 is 0 Å². The molecule has 0 unspecified atom stereocenters. The zero-order valence-corrected chi connectivity index (χ0v) is 8.99. The van der Waals surface area contributed by atoms with Gasteiger partial charge in [0, 0.05) is 0 Å². The quantitative estimate of drug-likeness (QED) is 0.447. The van der Waals surface area contributed by atoms with E-state index in [1.165, 1.54) is 0 Å². The number of carbonyl (C=O) groups is 1. The van der Waals surface area contributed by atoms with Crippen LogP contribution in [0.2, 0.25) is 0 Å². The van der Waals surface area contributed by atoms with E-state index in [1.807, 2.05) is 6.07 Å². The number of nitrogen functional groups attached to an aromatic ring is 1. The maximum absolute atomic E-state index is 11.3. The fourth-order valence-corrected chi connectivity index (χ4v) is 1.30. The van der Waals surface area contributed by atoms with Crippen LogP contribution in [-0.2, 0) is 16.0 Å². The first-order chi connectivity index (χ1) is 7.71. The highest BCUT2D eigenvalue weighted by Crippen LogP contribution is 2.17. The van der Waals surface area contributed by atoms with Gasteiger partial charge in [0.1, 0.15) is 0 Å². The number of benzene rings is 1. The van der Waals surface area contributed by atoms with E-state index in [1.54, 1.807) is 25.1 Å². The van der Waals surface area contributed by atoms with Crippen LogP contribution in [0, 0.1) is 11.3 Å². The zero-order valence-electron chi connectivity index (χ0n) is 8.99. The number of hydrazine groups is 1. The second-order valence-corrected chi connectivity index (χ2v) is 3.11. The molecule has 84 valence electrons. The summed E-state index contributed by atoms with van der Waals surface area (Å²) in [6.07, 6.45) is 0.138. The lowest BCUT2D eigenvalue weighted by Gasteiger charge is -2.08. The number of nitrogens with two attached hydrogens (primary N) is 1. The molecular formula is C11H13N3O2. The average Bonchev–Trinajstić information content (AvgIpc) is 2.30. The largest absolute Gasteiger partial charge is 0.466 e. The standard InChI is InChI=1S/C11H13N3O2/c1-2-16-11(15)6-9-4-3-8(7-12)5-10(9)14-13/h3-5,14H,2,6,13H2,1H3. The van der Waals surface area contributed by atoms with Crippen LogP contribution in [-0.4, -0.2) is 12.6 Å². The molecule has 0 radical (unpaired) electrons. The summed E-state index contributed by atoms with van der Waals surface area (Å²) in [7, 11) is 0. The van der Waals surface area contributed by atoms with Crippen LogP contribution in [0.4, 0.5) is 5.69 Å². The number of anilines is 1. The van der Waals surface area contributed by atoms with Crippen molar-refractivity contribution in [2.75, 3.05) is 12.0 Å². The van der Waals surface area contributed by atoms with E-state index in [-0.39, 0.29) is 12.4 Å². The first-order valence-electron chi connectivity index (χ1n) is 4.86. The van der Waals surface area contributed by atoms with Crippen molar-refractivity contribution in [2.45, 2.75) is 13.3 Å². The molecule has 0 aliphatic heterocycles. The topological polar surface area (TPSA) is 88.1 Å². The zero-order chi connectivity index (χ0) is 12.0. The summed E-state index contributed by atoms with van der Waals surface area (Å²) < 4.78 is 4.83. The Balaban J connectivity index is 2.88. The van der Waals surface area contributed by atoms with Crippen LogP contribution in [0.25, 0.3) is 0 Å². The monoisotopic (exact) mass is 219 g/mol. The van der Waals surface area contributed by atoms with E-state index in [9.17, 15) is 4.79 Å². The number of nitriles is 1. The number of hydrogen-bond donors (Lipinski definition) is 2. The molecule has 16 heavy (non-hydrogen) atoms. The van der Waals surface area contributed by atoms with E-state index in [2.05, 4.69) is 5.43 Å². The third kappa shape index (κ3) is 2.97. The van der Waals surface area contributed by atoms with Gasteiger partial charge in [0.2, 0.25) is 0 Å². The average molecular weight is 219 g/mol. The normalized spacial score (nSPS) is 9.31.